The van der Waals surface area contributed by atoms with Gasteiger partial charge in [-0.1, -0.05) is 0 Å². The summed E-state index contributed by atoms with van der Waals surface area (Å²) in [6, 6.07) is 3.03. The van der Waals surface area contributed by atoms with Gasteiger partial charge >= 0.3 is 0 Å². The van der Waals surface area contributed by atoms with Crippen LogP contribution in [0.1, 0.15) is 12.8 Å². The van der Waals surface area contributed by atoms with E-state index in [2.05, 4.69) is 10.3 Å². The summed E-state index contributed by atoms with van der Waals surface area (Å²) in [7, 11) is 0. The van der Waals surface area contributed by atoms with E-state index < -0.39 is 5.60 Å². The largest absolute Gasteiger partial charge is 0.389 e. The molecule has 98 valence electrons. The van der Waals surface area contributed by atoms with E-state index in [9.17, 15) is 9.50 Å². The standard InChI is InChI=1S/C13H18FN3O/c14-11-2-1-5-16-12(11)17-7-4-13(18)3-6-15-8-10(13)9-17/h1-2,5,10,15,18H,3-4,6-9H2/t10-,13-/m1/s1. The molecule has 18 heavy (non-hydrogen) atoms. The zero-order valence-corrected chi connectivity index (χ0v) is 10.3. The molecular formula is C13H18FN3O. The van der Waals surface area contributed by atoms with Crippen molar-refractivity contribution in [2.45, 2.75) is 18.4 Å². The fourth-order valence-electron chi connectivity index (χ4n) is 3.03. The predicted molar refractivity (Wildman–Crippen MR) is 67.0 cm³/mol. The summed E-state index contributed by atoms with van der Waals surface area (Å²) in [6.45, 7) is 2.99. The van der Waals surface area contributed by atoms with Gasteiger partial charge in [0.1, 0.15) is 0 Å². The van der Waals surface area contributed by atoms with Gasteiger partial charge in [-0.05, 0) is 31.5 Å². The second-order valence-corrected chi connectivity index (χ2v) is 5.26. The van der Waals surface area contributed by atoms with E-state index >= 15 is 0 Å². The Balaban J connectivity index is 1.80. The Morgan fingerprint density at radius 3 is 3.22 bits per heavy atom. The third-order valence-corrected chi connectivity index (χ3v) is 4.18. The first-order valence-corrected chi connectivity index (χ1v) is 6.48. The average Bonchev–Trinajstić information content (AvgIpc) is 2.38. The second kappa shape index (κ2) is 4.48. The summed E-state index contributed by atoms with van der Waals surface area (Å²) < 4.78 is 13.7. The van der Waals surface area contributed by atoms with Crippen molar-refractivity contribution in [1.82, 2.24) is 10.3 Å². The molecule has 3 rings (SSSR count). The number of hydrogen-bond acceptors (Lipinski definition) is 4. The van der Waals surface area contributed by atoms with Crippen LogP contribution in [0.25, 0.3) is 0 Å². The summed E-state index contributed by atoms with van der Waals surface area (Å²) in [4.78, 5) is 6.06. The molecule has 0 aliphatic carbocycles. The van der Waals surface area contributed by atoms with Crippen LogP contribution in [0.4, 0.5) is 10.2 Å². The van der Waals surface area contributed by atoms with Crippen molar-refractivity contribution in [3.05, 3.63) is 24.1 Å². The van der Waals surface area contributed by atoms with Crippen molar-refractivity contribution >= 4 is 5.82 Å². The lowest BCUT2D eigenvalue weighted by Crippen LogP contribution is -2.59. The third kappa shape index (κ3) is 1.97. The Bertz CT molecular complexity index is 442. The molecule has 0 amide bonds. The lowest BCUT2D eigenvalue weighted by atomic mass is 9.76. The fraction of sp³-hybridized carbons (Fsp3) is 0.615. The Hall–Kier alpha value is -1.20. The molecule has 1 aromatic heterocycles. The van der Waals surface area contributed by atoms with Crippen LogP contribution in [0.2, 0.25) is 0 Å². The van der Waals surface area contributed by atoms with Crippen LogP contribution in [0.5, 0.6) is 0 Å². The van der Waals surface area contributed by atoms with E-state index in [0.717, 1.165) is 19.5 Å². The molecule has 2 N–H and O–H groups in total. The van der Waals surface area contributed by atoms with Gasteiger partial charge in [0.2, 0.25) is 0 Å². The van der Waals surface area contributed by atoms with Crippen LogP contribution in [0.3, 0.4) is 0 Å². The van der Waals surface area contributed by atoms with Gasteiger partial charge in [0.05, 0.1) is 5.60 Å². The number of aliphatic hydroxyl groups is 1. The molecule has 2 fully saturated rings. The number of halogens is 1. The molecule has 0 saturated carbocycles. The highest BCUT2D eigenvalue weighted by molar-refractivity contribution is 5.40. The maximum atomic E-state index is 13.7. The number of piperidine rings is 2. The highest BCUT2D eigenvalue weighted by Crippen LogP contribution is 2.34. The normalized spacial score (nSPS) is 32.1. The first-order valence-electron chi connectivity index (χ1n) is 6.48. The van der Waals surface area contributed by atoms with Crippen molar-refractivity contribution < 1.29 is 9.50 Å². The number of rotatable bonds is 1. The lowest BCUT2D eigenvalue weighted by molar-refractivity contribution is -0.0540. The number of pyridine rings is 1. The van der Waals surface area contributed by atoms with Crippen molar-refractivity contribution in [3.8, 4) is 0 Å². The molecule has 2 aliphatic heterocycles. The minimum Gasteiger partial charge on any atom is -0.389 e. The van der Waals surface area contributed by atoms with Crippen molar-refractivity contribution in [2.75, 3.05) is 31.1 Å². The summed E-state index contributed by atoms with van der Waals surface area (Å²) in [5, 5.41) is 13.8. The quantitative estimate of drug-likeness (QED) is 0.774. The maximum absolute atomic E-state index is 13.7. The molecule has 0 bridgehead atoms. The predicted octanol–water partition coefficient (Wildman–Crippen LogP) is 0.771. The zero-order valence-electron chi connectivity index (χ0n) is 10.3. The van der Waals surface area contributed by atoms with Crippen molar-refractivity contribution in [3.63, 3.8) is 0 Å². The third-order valence-electron chi connectivity index (χ3n) is 4.18. The number of fused-ring (bicyclic) bond motifs is 1. The monoisotopic (exact) mass is 251 g/mol. The van der Waals surface area contributed by atoms with Crippen LogP contribution in [-0.2, 0) is 0 Å². The van der Waals surface area contributed by atoms with Gasteiger partial charge in [0.25, 0.3) is 0 Å². The Morgan fingerprint density at radius 2 is 2.39 bits per heavy atom. The summed E-state index contributed by atoms with van der Waals surface area (Å²) in [5.74, 6) is 0.276. The van der Waals surface area contributed by atoms with Crippen molar-refractivity contribution in [1.29, 1.82) is 0 Å². The van der Waals surface area contributed by atoms with E-state index in [1.54, 1.807) is 12.3 Å². The van der Waals surface area contributed by atoms with E-state index in [1.807, 2.05) is 4.90 Å². The molecule has 0 unspecified atom stereocenters. The SMILES string of the molecule is O[C@@]12CCNC[C@@H]1CN(c1ncccc1F)CC2. The molecule has 0 spiro atoms. The highest BCUT2D eigenvalue weighted by Gasteiger charge is 2.43. The summed E-state index contributed by atoms with van der Waals surface area (Å²) in [5.41, 5.74) is -0.576. The van der Waals surface area contributed by atoms with Gasteiger partial charge in [0, 0.05) is 31.7 Å². The molecule has 5 heteroatoms. The molecular weight excluding hydrogens is 233 g/mol. The van der Waals surface area contributed by atoms with Gasteiger partial charge < -0.3 is 15.3 Å². The number of nitrogens with one attached hydrogen (secondary N) is 1. The number of nitrogens with zero attached hydrogens (tertiary/aromatic N) is 2. The summed E-state index contributed by atoms with van der Waals surface area (Å²) in [6.07, 6.45) is 3.09. The van der Waals surface area contributed by atoms with Gasteiger partial charge in [-0.15, -0.1) is 0 Å². The minimum absolute atomic E-state index is 0.154. The van der Waals surface area contributed by atoms with Crippen LogP contribution >= 0.6 is 0 Å². The number of hydrogen-bond donors (Lipinski definition) is 2. The van der Waals surface area contributed by atoms with Gasteiger partial charge in [-0.2, -0.15) is 0 Å². The molecule has 0 aromatic carbocycles. The molecule has 2 saturated heterocycles. The zero-order chi connectivity index (χ0) is 12.6. The van der Waals surface area contributed by atoms with E-state index in [-0.39, 0.29) is 11.7 Å². The van der Waals surface area contributed by atoms with Crippen LogP contribution in [-0.4, -0.2) is 41.9 Å². The van der Waals surface area contributed by atoms with Crippen LogP contribution in [0.15, 0.2) is 18.3 Å². The van der Waals surface area contributed by atoms with Gasteiger partial charge in [-0.3, -0.25) is 0 Å². The Labute approximate surface area is 106 Å². The van der Waals surface area contributed by atoms with Gasteiger partial charge in [0.15, 0.2) is 11.6 Å². The fourth-order valence-corrected chi connectivity index (χ4v) is 3.03. The number of aromatic nitrogens is 1. The summed E-state index contributed by atoms with van der Waals surface area (Å²) >= 11 is 0. The van der Waals surface area contributed by atoms with Crippen molar-refractivity contribution in [2.24, 2.45) is 5.92 Å². The molecule has 4 nitrogen and oxygen atoms in total. The van der Waals surface area contributed by atoms with E-state index in [1.165, 1.54) is 6.07 Å². The Morgan fingerprint density at radius 1 is 1.50 bits per heavy atom. The number of anilines is 1. The minimum atomic E-state index is -0.576. The molecule has 2 atom stereocenters. The van der Waals surface area contributed by atoms with E-state index in [4.69, 9.17) is 0 Å². The second-order valence-electron chi connectivity index (χ2n) is 5.26. The van der Waals surface area contributed by atoms with E-state index in [0.29, 0.717) is 25.3 Å². The smallest absolute Gasteiger partial charge is 0.165 e. The van der Waals surface area contributed by atoms with Crippen LogP contribution in [0, 0.1) is 11.7 Å². The highest BCUT2D eigenvalue weighted by atomic mass is 19.1. The maximum Gasteiger partial charge on any atom is 0.165 e. The molecule has 0 radical (unpaired) electrons. The topological polar surface area (TPSA) is 48.4 Å². The lowest BCUT2D eigenvalue weighted by Gasteiger charge is -2.47. The average molecular weight is 251 g/mol. The van der Waals surface area contributed by atoms with Crippen LogP contribution < -0.4 is 10.2 Å². The molecule has 1 aromatic rings. The molecule has 2 aliphatic rings. The Kier molecular flexibility index (Phi) is 2.95. The first kappa shape index (κ1) is 11.9. The molecule has 3 heterocycles. The first-order chi connectivity index (χ1) is 8.69. The van der Waals surface area contributed by atoms with Gasteiger partial charge in [-0.25, -0.2) is 9.37 Å².